The summed E-state index contributed by atoms with van der Waals surface area (Å²) >= 11 is 0. The molecule has 5 rings (SSSR count). The summed E-state index contributed by atoms with van der Waals surface area (Å²) in [6.45, 7) is 0.580. The molecule has 1 aliphatic heterocycles. The Morgan fingerprint density at radius 3 is 2.56 bits per heavy atom. The standard InChI is InChI=1S/C25H26F4N8O2/c1-39-20-15(26)5-13(6-16(20)27)17-7-14(9-37-12-35-19-23(30)33-11-34-24(19)37)18(8-32-17)36-4-2-3-25(31,10-36)21(38)22(28)29/h5-8,11-12,21-22,38H,2-4,9-10,31H2,1H3,(H2,30,33,34)/t21?,25-/m1/s1. The van der Waals surface area contributed by atoms with Crippen LogP contribution >= 0.6 is 0 Å². The number of anilines is 2. The fraction of sp³-hybridized carbons (Fsp3) is 0.360. The largest absolute Gasteiger partial charge is 0.491 e. The van der Waals surface area contributed by atoms with Crippen molar-refractivity contribution in [2.75, 3.05) is 30.8 Å². The van der Waals surface area contributed by atoms with E-state index in [9.17, 15) is 22.7 Å². The van der Waals surface area contributed by atoms with E-state index >= 15 is 0 Å². The molecule has 1 aliphatic rings. The molecular formula is C25H26F4N8O2. The lowest BCUT2D eigenvalue weighted by atomic mass is 9.84. The number of aliphatic hydroxyl groups is 1. The van der Waals surface area contributed by atoms with Gasteiger partial charge in [-0.3, -0.25) is 4.98 Å². The first-order valence-electron chi connectivity index (χ1n) is 12.0. The van der Waals surface area contributed by atoms with Crippen LogP contribution in [-0.2, 0) is 6.54 Å². The number of aliphatic hydroxyl groups excluding tert-OH is 1. The zero-order chi connectivity index (χ0) is 27.9. The lowest BCUT2D eigenvalue weighted by molar-refractivity contribution is -0.0529. The molecule has 0 amide bonds. The average Bonchev–Trinajstić information content (AvgIpc) is 3.32. The van der Waals surface area contributed by atoms with Crippen molar-refractivity contribution in [3.63, 3.8) is 0 Å². The first kappa shape index (κ1) is 26.6. The number of rotatable bonds is 7. The summed E-state index contributed by atoms with van der Waals surface area (Å²) in [4.78, 5) is 18.7. The third-order valence-corrected chi connectivity index (χ3v) is 6.96. The van der Waals surface area contributed by atoms with Gasteiger partial charge >= 0.3 is 0 Å². The molecule has 0 spiro atoms. The second kappa shape index (κ2) is 10.3. The van der Waals surface area contributed by atoms with Crippen LogP contribution in [0.5, 0.6) is 5.75 Å². The molecule has 1 aromatic carbocycles. The van der Waals surface area contributed by atoms with Gasteiger partial charge < -0.3 is 30.8 Å². The molecule has 1 saturated heterocycles. The van der Waals surface area contributed by atoms with Crippen LogP contribution in [0.25, 0.3) is 22.4 Å². The van der Waals surface area contributed by atoms with E-state index < -0.39 is 35.5 Å². The Labute approximate surface area is 220 Å². The molecule has 0 saturated carbocycles. The molecule has 0 aliphatic carbocycles. The van der Waals surface area contributed by atoms with Crippen LogP contribution in [0.15, 0.2) is 37.1 Å². The summed E-state index contributed by atoms with van der Waals surface area (Å²) in [6.07, 6.45) is -0.0342. The van der Waals surface area contributed by atoms with E-state index in [-0.39, 0.29) is 36.6 Å². The van der Waals surface area contributed by atoms with Crippen LogP contribution in [0, 0.1) is 11.6 Å². The summed E-state index contributed by atoms with van der Waals surface area (Å²) in [5, 5.41) is 10.1. The van der Waals surface area contributed by atoms with E-state index in [0.717, 1.165) is 12.1 Å². The van der Waals surface area contributed by atoms with Gasteiger partial charge in [0.1, 0.15) is 17.9 Å². The number of aromatic nitrogens is 5. The van der Waals surface area contributed by atoms with E-state index in [1.807, 2.05) is 0 Å². The van der Waals surface area contributed by atoms with Crippen LogP contribution < -0.4 is 21.1 Å². The van der Waals surface area contributed by atoms with Gasteiger partial charge in [0, 0.05) is 18.7 Å². The maximum absolute atomic E-state index is 14.5. The SMILES string of the molecule is COc1c(F)cc(-c2cc(Cn3cnc4c(N)ncnc43)c(N3CCC[C@](N)(C(O)C(F)F)C3)cn2)cc1F. The predicted molar refractivity (Wildman–Crippen MR) is 135 cm³/mol. The number of methoxy groups -OCH3 is 1. The fourth-order valence-electron chi connectivity index (χ4n) is 4.97. The fourth-order valence-corrected chi connectivity index (χ4v) is 4.97. The normalized spacial score (nSPS) is 18.6. The van der Waals surface area contributed by atoms with Crippen molar-refractivity contribution < 1.29 is 27.4 Å². The smallest absolute Gasteiger partial charge is 0.265 e. The molecular weight excluding hydrogens is 520 g/mol. The third kappa shape index (κ3) is 4.92. The lowest BCUT2D eigenvalue weighted by Gasteiger charge is -2.44. The number of benzene rings is 1. The first-order valence-corrected chi connectivity index (χ1v) is 12.0. The van der Waals surface area contributed by atoms with E-state index in [2.05, 4.69) is 19.9 Å². The summed E-state index contributed by atoms with van der Waals surface area (Å²) in [7, 11) is 1.17. The number of nitrogens with two attached hydrogens (primary N) is 2. The van der Waals surface area contributed by atoms with Gasteiger partial charge in [-0.15, -0.1) is 0 Å². The Hall–Kier alpha value is -4.04. The molecule has 10 nitrogen and oxygen atoms in total. The minimum Gasteiger partial charge on any atom is -0.491 e. The maximum atomic E-state index is 14.5. The van der Waals surface area contributed by atoms with Crippen LogP contribution in [0.3, 0.4) is 0 Å². The van der Waals surface area contributed by atoms with Crippen LogP contribution in [0.1, 0.15) is 18.4 Å². The number of alkyl halides is 2. The molecule has 2 atom stereocenters. The third-order valence-electron chi connectivity index (χ3n) is 6.96. The van der Waals surface area contributed by atoms with Crippen LogP contribution in [0.4, 0.5) is 29.1 Å². The van der Waals surface area contributed by atoms with Gasteiger partial charge in [-0.25, -0.2) is 32.5 Å². The maximum Gasteiger partial charge on any atom is 0.265 e. The van der Waals surface area contributed by atoms with Gasteiger partial charge in [0.2, 0.25) is 0 Å². The second-order valence-electron chi connectivity index (χ2n) is 9.51. The highest BCUT2D eigenvalue weighted by atomic mass is 19.3. The quantitative estimate of drug-likeness (QED) is 0.298. The highest BCUT2D eigenvalue weighted by molar-refractivity contribution is 5.81. The van der Waals surface area contributed by atoms with Gasteiger partial charge in [0.25, 0.3) is 6.43 Å². The molecule has 1 unspecified atom stereocenters. The van der Waals surface area contributed by atoms with Crippen molar-refractivity contribution in [1.29, 1.82) is 0 Å². The number of hydrogen-bond donors (Lipinski definition) is 3. The molecule has 4 heterocycles. The Morgan fingerprint density at radius 2 is 1.87 bits per heavy atom. The minimum atomic E-state index is -3.00. The van der Waals surface area contributed by atoms with Gasteiger partial charge in [-0.05, 0) is 36.6 Å². The number of ether oxygens (including phenoxy) is 1. The Bertz CT molecular complexity index is 1490. The number of nitrogens with zero attached hydrogens (tertiary/aromatic N) is 6. The predicted octanol–water partition coefficient (Wildman–Crippen LogP) is 2.73. The van der Waals surface area contributed by atoms with Crippen molar-refractivity contribution in [2.45, 2.75) is 37.5 Å². The second-order valence-corrected chi connectivity index (χ2v) is 9.51. The number of piperidine rings is 1. The summed E-state index contributed by atoms with van der Waals surface area (Å²) < 4.78 is 62.2. The van der Waals surface area contributed by atoms with Gasteiger partial charge in [-0.2, -0.15) is 0 Å². The van der Waals surface area contributed by atoms with E-state index in [1.165, 1.54) is 26.0 Å². The number of nitrogen functional groups attached to an aromatic ring is 1. The molecule has 206 valence electrons. The highest BCUT2D eigenvalue weighted by Gasteiger charge is 2.43. The molecule has 4 aromatic rings. The summed E-state index contributed by atoms with van der Waals surface area (Å²) in [5.74, 6) is -2.10. The number of pyridine rings is 1. The van der Waals surface area contributed by atoms with Crippen molar-refractivity contribution >= 4 is 22.7 Å². The van der Waals surface area contributed by atoms with Crippen LogP contribution in [-0.4, -0.2) is 67.9 Å². The van der Waals surface area contributed by atoms with Crippen LogP contribution in [0.2, 0.25) is 0 Å². The Balaban J connectivity index is 1.59. The van der Waals surface area contributed by atoms with Crippen molar-refractivity contribution in [3.8, 4) is 17.0 Å². The number of fused-ring (bicyclic) bond motifs is 1. The van der Waals surface area contributed by atoms with Crippen molar-refractivity contribution in [2.24, 2.45) is 5.73 Å². The Kier molecular flexibility index (Phi) is 6.99. The monoisotopic (exact) mass is 546 g/mol. The Morgan fingerprint density at radius 1 is 1.13 bits per heavy atom. The molecule has 3 aromatic heterocycles. The molecule has 0 radical (unpaired) electrons. The average molecular weight is 547 g/mol. The van der Waals surface area contributed by atoms with E-state index in [0.29, 0.717) is 35.4 Å². The van der Waals surface area contributed by atoms with Crippen molar-refractivity contribution in [1.82, 2.24) is 24.5 Å². The van der Waals surface area contributed by atoms with Gasteiger partial charge in [0.15, 0.2) is 28.8 Å². The highest BCUT2D eigenvalue weighted by Crippen LogP contribution is 2.34. The summed E-state index contributed by atoms with van der Waals surface area (Å²) in [6, 6.07) is 3.86. The lowest BCUT2D eigenvalue weighted by Crippen LogP contribution is -2.63. The first-order chi connectivity index (χ1) is 18.6. The zero-order valence-corrected chi connectivity index (χ0v) is 20.9. The number of halogens is 4. The molecule has 39 heavy (non-hydrogen) atoms. The molecule has 14 heteroatoms. The van der Waals surface area contributed by atoms with Gasteiger partial charge in [0.05, 0.1) is 43.1 Å². The molecule has 0 bridgehead atoms. The van der Waals surface area contributed by atoms with Crippen molar-refractivity contribution in [3.05, 3.63) is 54.2 Å². The minimum absolute atomic E-state index is 0.0574. The molecule has 1 fully saturated rings. The number of imidazole rings is 1. The van der Waals surface area contributed by atoms with E-state index in [4.69, 9.17) is 16.2 Å². The number of hydrogen-bond acceptors (Lipinski definition) is 9. The topological polar surface area (TPSA) is 141 Å². The summed E-state index contributed by atoms with van der Waals surface area (Å²) in [5.41, 5.74) is 13.1. The zero-order valence-electron chi connectivity index (χ0n) is 20.9. The van der Waals surface area contributed by atoms with E-state index in [1.54, 1.807) is 15.5 Å². The molecule has 5 N–H and O–H groups in total. The van der Waals surface area contributed by atoms with Gasteiger partial charge in [-0.1, -0.05) is 0 Å².